The first-order chi connectivity index (χ1) is 13.2. The number of rotatable bonds is 5. The Kier molecular flexibility index (Phi) is 6.45. The molecule has 1 amide bonds. The van der Waals surface area contributed by atoms with E-state index in [4.69, 9.17) is 10.00 Å². The molecule has 140 valence electrons. The van der Waals surface area contributed by atoms with Crippen LogP contribution in [-0.4, -0.2) is 31.0 Å². The fourth-order valence-electron chi connectivity index (χ4n) is 3.57. The first kappa shape index (κ1) is 18.9. The Balaban J connectivity index is 1.68. The quantitative estimate of drug-likeness (QED) is 0.868. The summed E-state index contributed by atoms with van der Waals surface area (Å²) in [5.41, 5.74) is 2.53. The van der Waals surface area contributed by atoms with E-state index in [9.17, 15) is 4.79 Å². The lowest BCUT2D eigenvalue weighted by molar-refractivity contribution is -0.117. The summed E-state index contributed by atoms with van der Waals surface area (Å²) in [5.74, 6) is 0.817. The van der Waals surface area contributed by atoms with E-state index < -0.39 is 0 Å². The van der Waals surface area contributed by atoms with Crippen molar-refractivity contribution in [3.8, 4) is 11.8 Å². The van der Waals surface area contributed by atoms with E-state index in [-0.39, 0.29) is 11.9 Å². The predicted octanol–water partition coefficient (Wildman–Crippen LogP) is 4.12. The maximum Gasteiger partial charge on any atom is 0.238 e. The smallest absolute Gasteiger partial charge is 0.238 e. The molecule has 27 heavy (non-hydrogen) atoms. The lowest BCUT2D eigenvalue weighted by Crippen LogP contribution is -2.36. The lowest BCUT2D eigenvalue weighted by Gasteiger charge is -2.29. The number of likely N-dealkylation sites (tertiary alicyclic amines) is 1. The van der Waals surface area contributed by atoms with Crippen molar-refractivity contribution in [1.82, 2.24) is 4.90 Å². The average Bonchev–Trinajstić information content (AvgIpc) is 2.94. The molecule has 0 saturated carbocycles. The van der Waals surface area contributed by atoms with Gasteiger partial charge in [0.05, 0.1) is 25.3 Å². The van der Waals surface area contributed by atoms with Crippen molar-refractivity contribution in [1.29, 1.82) is 5.26 Å². The number of methoxy groups -OCH3 is 1. The van der Waals surface area contributed by atoms with Gasteiger partial charge in [-0.15, -0.1) is 0 Å². The number of benzene rings is 2. The van der Waals surface area contributed by atoms with Crippen LogP contribution in [0.5, 0.6) is 5.75 Å². The highest BCUT2D eigenvalue weighted by Crippen LogP contribution is 2.31. The number of hydrogen-bond donors (Lipinski definition) is 1. The highest BCUT2D eigenvalue weighted by molar-refractivity contribution is 5.92. The van der Waals surface area contributed by atoms with Crippen molar-refractivity contribution in [2.75, 3.05) is 25.5 Å². The molecule has 3 rings (SSSR count). The van der Waals surface area contributed by atoms with Gasteiger partial charge in [0.25, 0.3) is 0 Å². The third kappa shape index (κ3) is 5.08. The molecule has 0 bridgehead atoms. The van der Waals surface area contributed by atoms with Crippen LogP contribution in [0.15, 0.2) is 48.5 Å². The molecule has 0 aromatic heterocycles. The van der Waals surface area contributed by atoms with E-state index >= 15 is 0 Å². The van der Waals surface area contributed by atoms with E-state index in [2.05, 4.69) is 28.4 Å². The number of carbonyl (C=O) groups is 1. The molecule has 1 aliphatic rings. The van der Waals surface area contributed by atoms with Crippen LogP contribution in [0.25, 0.3) is 0 Å². The van der Waals surface area contributed by atoms with Gasteiger partial charge in [-0.1, -0.05) is 25.0 Å². The third-order valence-electron chi connectivity index (χ3n) is 5.01. The second kappa shape index (κ2) is 9.20. The predicted molar refractivity (Wildman–Crippen MR) is 106 cm³/mol. The fourth-order valence-corrected chi connectivity index (χ4v) is 3.57. The Morgan fingerprint density at radius 3 is 2.56 bits per heavy atom. The van der Waals surface area contributed by atoms with Crippen molar-refractivity contribution in [3.05, 3.63) is 59.7 Å². The van der Waals surface area contributed by atoms with Crippen molar-refractivity contribution in [3.63, 3.8) is 0 Å². The van der Waals surface area contributed by atoms with E-state index in [0.29, 0.717) is 12.1 Å². The summed E-state index contributed by atoms with van der Waals surface area (Å²) in [6, 6.07) is 17.4. The highest BCUT2D eigenvalue weighted by Gasteiger charge is 2.24. The number of nitrogens with zero attached hydrogens (tertiary/aromatic N) is 2. The van der Waals surface area contributed by atoms with Gasteiger partial charge in [0.15, 0.2) is 0 Å². The summed E-state index contributed by atoms with van der Waals surface area (Å²) >= 11 is 0. The summed E-state index contributed by atoms with van der Waals surface area (Å²) < 4.78 is 5.26. The van der Waals surface area contributed by atoms with Crippen molar-refractivity contribution >= 4 is 11.6 Å². The van der Waals surface area contributed by atoms with Gasteiger partial charge >= 0.3 is 0 Å². The molecular weight excluding hydrogens is 338 g/mol. The number of anilines is 1. The highest BCUT2D eigenvalue weighted by atomic mass is 16.5. The molecule has 0 radical (unpaired) electrons. The van der Waals surface area contributed by atoms with Crippen LogP contribution in [0.1, 0.15) is 42.9 Å². The first-order valence-electron chi connectivity index (χ1n) is 9.37. The van der Waals surface area contributed by atoms with Crippen LogP contribution >= 0.6 is 0 Å². The molecule has 0 spiro atoms. The maximum atomic E-state index is 12.6. The zero-order valence-electron chi connectivity index (χ0n) is 15.6. The van der Waals surface area contributed by atoms with Crippen LogP contribution in [0.3, 0.4) is 0 Å². The minimum atomic E-state index is -0.0277. The van der Waals surface area contributed by atoms with Gasteiger partial charge in [0.2, 0.25) is 5.91 Å². The molecule has 5 heteroatoms. The molecule has 1 fully saturated rings. The minimum Gasteiger partial charge on any atom is -0.497 e. The Bertz CT molecular complexity index is 794. The van der Waals surface area contributed by atoms with E-state index in [0.717, 1.165) is 30.8 Å². The third-order valence-corrected chi connectivity index (χ3v) is 5.01. The fraction of sp³-hybridized carbons (Fsp3) is 0.364. The SMILES string of the molecule is COc1ccc(C2CCCCCN2CC(=O)Nc2ccc(C#N)cc2)cc1. The van der Waals surface area contributed by atoms with Crippen LogP contribution in [-0.2, 0) is 4.79 Å². The van der Waals surface area contributed by atoms with Crippen LogP contribution in [0.4, 0.5) is 5.69 Å². The van der Waals surface area contributed by atoms with Crippen molar-refractivity contribution in [2.24, 2.45) is 0 Å². The molecule has 1 N–H and O–H groups in total. The Morgan fingerprint density at radius 1 is 1.15 bits per heavy atom. The number of hydrogen-bond acceptors (Lipinski definition) is 4. The number of ether oxygens (including phenoxy) is 1. The molecule has 2 aromatic rings. The number of nitrogens with one attached hydrogen (secondary N) is 1. The molecular formula is C22H25N3O2. The summed E-state index contributed by atoms with van der Waals surface area (Å²) in [6.45, 7) is 1.27. The summed E-state index contributed by atoms with van der Waals surface area (Å²) in [7, 11) is 1.67. The zero-order chi connectivity index (χ0) is 19.1. The summed E-state index contributed by atoms with van der Waals surface area (Å²) in [6.07, 6.45) is 4.53. The molecule has 1 atom stereocenters. The van der Waals surface area contributed by atoms with Gasteiger partial charge in [-0.3, -0.25) is 9.69 Å². The van der Waals surface area contributed by atoms with Crippen LogP contribution in [0.2, 0.25) is 0 Å². The topological polar surface area (TPSA) is 65.4 Å². The monoisotopic (exact) mass is 363 g/mol. The Hall–Kier alpha value is -2.84. The zero-order valence-corrected chi connectivity index (χ0v) is 15.6. The van der Waals surface area contributed by atoms with E-state index in [1.54, 1.807) is 31.4 Å². The van der Waals surface area contributed by atoms with Crippen molar-refractivity contribution in [2.45, 2.75) is 31.7 Å². The van der Waals surface area contributed by atoms with Gasteiger partial charge in [0, 0.05) is 11.7 Å². The number of nitriles is 1. The molecule has 0 aliphatic carbocycles. The van der Waals surface area contributed by atoms with E-state index in [1.807, 2.05) is 12.1 Å². The molecule has 1 heterocycles. The lowest BCUT2D eigenvalue weighted by atomic mass is 10.0. The molecule has 1 aliphatic heterocycles. The Labute approximate surface area is 160 Å². The first-order valence-corrected chi connectivity index (χ1v) is 9.37. The molecule has 2 aromatic carbocycles. The van der Waals surface area contributed by atoms with Crippen LogP contribution < -0.4 is 10.1 Å². The van der Waals surface area contributed by atoms with E-state index in [1.165, 1.54) is 18.4 Å². The van der Waals surface area contributed by atoms with Gasteiger partial charge in [-0.25, -0.2) is 0 Å². The maximum absolute atomic E-state index is 12.6. The normalized spacial score (nSPS) is 17.6. The molecule has 5 nitrogen and oxygen atoms in total. The van der Waals surface area contributed by atoms with Crippen molar-refractivity contribution < 1.29 is 9.53 Å². The van der Waals surface area contributed by atoms with Gasteiger partial charge in [-0.05, 0) is 61.3 Å². The van der Waals surface area contributed by atoms with Gasteiger partial charge < -0.3 is 10.1 Å². The minimum absolute atomic E-state index is 0.0277. The average molecular weight is 363 g/mol. The van der Waals surface area contributed by atoms with Crippen LogP contribution in [0, 0.1) is 11.3 Å². The number of carbonyl (C=O) groups excluding carboxylic acids is 1. The van der Waals surface area contributed by atoms with Gasteiger partial charge in [-0.2, -0.15) is 5.26 Å². The number of amides is 1. The molecule has 1 saturated heterocycles. The second-order valence-corrected chi connectivity index (χ2v) is 6.85. The largest absolute Gasteiger partial charge is 0.497 e. The second-order valence-electron chi connectivity index (χ2n) is 6.85. The Morgan fingerprint density at radius 2 is 1.89 bits per heavy atom. The summed E-state index contributed by atoms with van der Waals surface area (Å²) in [4.78, 5) is 14.9. The molecule has 1 unspecified atom stereocenters. The summed E-state index contributed by atoms with van der Waals surface area (Å²) in [5, 5.41) is 11.8. The van der Waals surface area contributed by atoms with Gasteiger partial charge in [0.1, 0.15) is 5.75 Å². The standard InChI is InChI=1S/C22H25N3O2/c1-27-20-12-8-18(9-13-20)21-5-3-2-4-14-25(21)16-22(26)24-19-10-6-17(15-23)7-11-19/h6-13,21H,2-5,14,16H2,1H3,(H,24,26).